The third-order valence-corrected chi connectivity index (χ3v) is 4.67. The molecule has 0 unspecified atom stereocenters. The Morgan fingerprint density at radius 3 is 2.46 bits per heavy atom. The molecule has 0 aliphatic heterocycles. The van der Waals surface area contributed by atoms with Gasteiger partial charge in [-0.2, -0.15) is 5.10 Å². The molecule has 2 amide bonds. The second kappa shape index (κ2) is 8.55. The maximum atomic E-state index is 12.3. The molecule has 0 bridgehead atoms. The van der Waals surface area contributed by atoms with Crippen LogP contribution < -0.4 is 10.7 Å². The Bertz CT molecular complexity index is 955. The minimum absolute atomic E-state index is 0.250. The molecule has 1 aromatic heterocycles. The maximum Gasteiger partial charge on any atom is 0.271 e. The van der Waals surface area contributed by atoms with Crippen LogP contribution in [0.4, 0.5) is 5.69 Å². The number of nitrogens with zero attached hydrogens (tertiary/aromatic N) is 1. The second-order valence-electron chi connectivity index (χ2n) is 5.26. The number of hydrazone groups is 1. The Morgan fingerprint density at radius 2 is 1.73 bits per heavy atom. The standard InChI is InChI=1S/C19H14BrN3O2S/c20-15-6-1-4-13(10-15)18(24)22-16-7-2-5-14(11-16)19(25)23-21-12-17-8-3-9-26-17/h1-12H,(H,22,24)(H,23,25)/b21-12+. The Labute approximate surface area is 162 Å². The van der Waals surface area contributed by atoms with Gasteiger partial charge in [0, 0.05) is 26.2 Å². The van der Waals surface area contributed by atoms with Crippen molar-refractivity contribution < 1.29 is 9.59 Å². The van der Waals surface area contributed by atoms with Gasteiger partial charge in [-0.25, -0.2) is 5.43 Å². The molecule has 5 nitrogen and oxygen atoms in total. The molecule has 2 aromatic carbocycles. The lowest BCUT2D eigenvalue weighted by atomic mass is 10.1. The second-order valence-corrected chi connectivity index (χ2v) is 7.15. The van der Waals surface area contributed by atoms with Crippen LogP contribution in [-0.2, 0) is 0 Å². The summed E-state index contributed by atoms with van der Waals surface area (Å²) >= 11 is 4.87. The lowest BCUT2D eigenvalue weighted by molar-refractivity contribution is 0.0953. The summed E-state index contributed by atoms with van der Waals surface area (Å²) in [6, 6.07) is 17.6. The quantitative estimate of drug-likeness (QED) is 0.463. The molecular weight excluding hydrogens is 414 g/mol. The van der Waals surface area contributed by atoms with Gasteiger partial charge in [-0.3, -0.25) is 9.59 Å². The lowest BCUT2D eigenvalue weighted by Crippen LogP contribution is -2.18. The predicted molar refractivity (Wildman–Crippen MR) is 108 cm³/mol. The smallest absolute Gasteiger partial charge is 0.271 e. The van der Waals surface area contributed by atoms with E-state index in [4.69, 9.17) is 0 Å². The van der Waals surface area contributed by atoms with Crippen LogP contribution in [-0.4, -0.2) is 18.0 Å². The molecule has 2 N–H and O–H groups in total. The van der Waals surface area contributed by atoms with E-state index in [9.17, 15) is 9.59 Å². The van der Waals surface area contributed by atoms with Crippen LogP contribution in [0.2, 0.25) is 0 Å². The summed E-state index contributed by atoms with van der Waals surface area (Å²) in [6.07, 6.45) is 1.58. The van der Waals surface area contributed by atoms with Gasteiger partial charge in [0.25, 0.3) is 11.8 Å². The molecule has 26 heavy (non-hydrogen) atoms. The highest BCUT2D eigenvalue weighted by molar-refractivity contribution is 9.10. The average molecular weight is 428 g/mol. The van der Waals surface area contributed by atoms with Gasteiger partial charge in [-0.05, 0) is 47.8 Å². The van der Waals surface area contributed by atoms with Gasteiger partial charge < -0.3 is 5.32 Å². The summed E-state index contributed by atoms with van der Waals surface area (Å²) in [5.74, 6) is -0.601. The molecule has 7 heteroatoms. The minimum Gasteiger partial charge on any atom is -0.322 e. The highest BCUT2D eigenvalue weighted by Gasteiger charge is 2.09. The largest absolute Gasteiger partial charge is 0.322 e. The van der Waals surface area contributed by atoms with Crippen LogP contribution in [0.3, 0.4) is 0 Å². The fourth-order valence-corrected chi connectivity index (χ4v) is 3.14. The molecule has 0 aliphatic carbocycles. The SMILES string of the molecule is O=C(N/N=C/c1cccs1)c1cccc(NC(=O)c2cccc(Br)c2)c1. The molecule has 0 spiro atoms. The maximum absolute atomic E-state index is 12.3. The number of carbonyl (C=O) groups is 2. The van der Waals surface area contributed by atoms with E-state index in [1.165, 1.54) is 11.3 Å². The van der Waals surface area contributed by atoms with Crippen molar-refractivity contribution in [3.05, 3.63) is 86.5 Å². The number of hydrogen-bond donors (Lipinski definition) is 2. The number of rotatable bonds is 5. The molecule has 3 rings (SSSR count). The molecule has 3 aromatic rings. The lowest BCUT2D eigenvalue weighted by Gasteiger charge is -2.07. The summed E-state index contributed by atoms with van der Waals surface area (Å²) in [4.78, 5) is 25.4. The van der Waals surface area contributed by atoms with E-state index in [1.807, 2.05) is 23.6 Å². The first kappa shape index (κ1) is 18.0. The van der Waals surface area contributed by atoms with Crippen LogP contribution in [0, 0.1) is 0 Å². The average Bonchev–Trinajstić information content (AvgIpc) is 3.15. The molecule has 0 aliphatic rings. The van der Waals surface area contributed by atoms with E-state index in [1.54, 1.807) is 48.7 Å². The van der Waals surface area contributed by atoms with Crippen LogP contribution >= 0.6 is 27.3 Å². The number of benzene rings is 2. The Morgan fingerprint density at radius 1 is 0.962 bits per heavy atom. The zero-order valence-corrected chi connectivity index (χ0v) is 15.9. The van der Waals surface area contributed by atoms with E-state index < -0.39 is 0 Å². The van der Waals surface area contributed by atoms with Crippen molar-refractivity contribution >= 4 is 51.0 Å². The van der Waals surface area contributed by atoms with Crippen LogP contribution in [0.15, 0.2) is 75.6 Å². The molecule has 0 atom stereocenters. The minimum atomic E-state index is -0.351. The van der Waals surface area contributed by atoms with Crippen LogP contribution in [0.1, 0.15) is 25.6 Å². The van der Waals surface area contributed by atoms with E-state index in [0.717, 1.165) is 9.35 Å². The summed E-state index contributed by atoms with van der Waals surface area (Å²) in [6.45, 7) is 0. The topological polar surface area (TPSA) is 70.6 Å². The number of hydrogen-bond acceptors (Lipinski definition) is 4. The molecule has 0 saturated carbocycles. The van der Waals surface area contributed by atoms with Crippen molar-refractivity contribution in [1.29, 1.82) is 0 Å². The van der Waals surface area contributed by atoms with Gasteiger partial charge in [0.1, 0.15) is 0 Å². The number of amides is 2. The van der Waals surface area contributed by atoms with Gasteiger partial charge in [-0.15, -0.1) is 11.3 Å². The highest BCUT2D eigenvalue weighted by atomic mass is 79.9. The van der Waals surface area contributed by atoms with E-state index >= 15 is 0 Å². The fourth-order valence-electron chi connectivity index (χ4n) is 2.15. The third kappa shape index (κ3) is 4.87. The molecule has 0 saturated heterocycles. The summed E-state index contributed by atoms with van der Waals surface area (Å²) < 4.78 is 0.821. The van der Waals surface area contributed by atoms with E-state index in [2.05, 4.69) is 31.8 Å². The van der Waals surface area contributed by atoms with Gasteiger partial charge in [0.15, 0.2) is 0 Å². The first-order valence-corrected chi connectivity index (χ1v) is 9.33. The summed E-state index contributed by atoms with van der Waals surface area (Å²) in [5, 5.41) is 8.65. The van der Waals surface area contributed by atoms with Crippen molar-refractivity contribution in [3.8, 4) is 0 Å². The summed E-state index contributed by atoms with van der Waals surface area (Å²) in [5.41, 5.74) is 3.93. The predicted octanol–water partition coefficient (Wildman–Crippen LogP) is 4.53. The van der Waals surface area contributed by atoms with E-state index in [-0.39, 0.29) is 11.8 Å². The van der Waals surface area contributed by atoms with Crippen molar-refractivity contribution in [2.45, 2.75) is 0 Å². The molecule has 130 valence electrons. The van der Waals surface area contributed by atoms with Crippen molar-refractivity contribution in [2.75, 3.05) is 5.32 Å². The highest BCUT2D eigenvalue weighted by Crippen LogP contribution is 2.15. The van der Waals surface area contributed by atoms with Gasteiger partial charge >= 0.3 is 0 Å². The number of anilines is 1. The summed E-state index contributed by atoms with van der Waals surface area (Å²) in [7, 11) is 0. The van der Waals surface area contributed by atoms with Crippen molar-refractivity contribution in [3.63, 3.8) is 0 Å². The van der Waals surface area contributed by atoms with Crippen molar-refractivity contribution in [1.82, 2.24) is 5.43 Å². The number of nitrogens with one attached hydrogen (secondary N) is 2. The zero-order valence-electron chi connectivity index (χ0n) is 13.5. The molecule has 0 fully saturated rings. The van der Waals surface area contributed by atoms with Gasteiger partial charge in [0.2, 0.25) is 0 Å². The van der Waals surface area contributed by atoms with Crippen LogP contribution in [0.5, 0.6) is 0 Å². The Kier molecular flexibility index (Phi) is 5.93. The molecule has 1 heterocycles. The first-order valence-electron chi connectivity index (χ1n) is 7.66. The number of thiophene rings is 1. The molecule has 0 radical (unpaired) electrons. The zero-order chi connectivity index (χ0) is 18.4. The number of halogens is 1. The van der Waals surface area contributed by atoms with Crippen LogP contribution in [0.25, 0.3) is 0 Å². The fraction of sp³-hybridized carbons (Fsp3) is 0. The Balaban J connectivity index is 1.65. The third-order valence-electron chi connectivity index (χ3n) is 3.37. The van der Waals surface area contributed by atoms with Gasteiger partial charge in [-0.1, -0.05) is 34.1 Å². The number of carbonyl (C=O) groups excluding carboxylic acids is 2. The Hall–Kier alpha value is -2.77. The van der Waals surface area contributed by atoms with E-state index in [0.29, 0.717) is 16.8 Å². The monoisotopic (exact) mass is 427 g/mol. The first-order chi connectivity index (χ1) is 12.6. The van der Waals surface area contributed by atoms with Crippen molar-refractivity contribution in [2.24, 2.45) is 5.10 Å². The normalized spacial score (nSPS) is 10.7. The molecular formula is C19H14BrN3O2S. The van der Waals surface area contributed by atoms with Gasteiger partial charge in [0.05, 0.1) is 6.21 Å².